The van der Waals surface area contributed by atoms with Crippen molar-refractivity contribution in [2.75, 3.05) is 0 Å². The van der Waals surface area contributed by atoms with Crippen LogP contribution >= 0.6 is 23.1 Å². The molecular formula is C16H21NS2. The number of thiophene rings is 1. The van der Waals surface area contributed by atoms with Gasteiger partial charge in [-0.25, -0.2) is 0 Å². The average Bonchev–Trinajstić information content (AvgIpc) is 2.74. The molecule has 102 valence electrons. The standard InChI is InChI=1S/C16H21NS2/c1-10-5-6-14(12(3)9-10)19-16(13(4)17)15-11(2)7-8-18-15/h5-9,13,16H,17H2,1-4H3. The fourth-order valence-corrected chi connectivity index (χ4v) is 4.65. The molecule has 0 saturated carbocycles. The highest BCUT2D eigenvalue weighted by atomic mass is 32.2. The summed E-state index contributed by atoms with van der Waals surface area (Å²) in [4.78, 5) is 2.74. The lowest BCUT2D eigenvalue weighted by atomic mass is 10.1. The number of rotatable bonds is 4. The molecule has 2 N–H and O–H groups in total. The topological polar surface area (TPSA) is 26.0 Å². The number of benzene rings is 1. The minimum atomic E-state index is 0.142. The fourth-order valence-electron chi connectivity index (χ4n) is 2.14. The first-order valence-electron chi connectivity index (χ1n) is 6.52. The minimum absolute atomic E-state index is 0.142. The van der Waals surface area contributed by atoms with E-state index >= 15 is 0 Å². The number of hydrogen-bond donors (Lipinski definition) is 1. The summed E-state index contributed by atoms with van der Waals surface area (Å²) in [6.45, 7) is 8.58. The Balaban J connectivity index is 2.29. The van der Waals surface area contributed by atoms with Gasteiger partial charge in [-0.1, -0.05) is 17.7 Å². The molecule has 2 unspecified atom stereocenters. The zero-order chi connectivity index (χ0) is 14.0. The summed E-state index contributed by atoms with van der Waals surface area (Å²) in [7, 11) is 0. The molecule has 0 radical (unpaired) electrons. The smallest absolute Gasteiger partial charge is 0.0589 e. The molecule has 0 fully saturated rings. The first-order valence-corrected chi connectivity index (χ1v) is 8.28. The molecule has 0 saturated heterocycles. The van der Waals surface area contributed by atoms with Crippen molar-refractivity contribution in [3.63, 3.8) is 0 Å². The second kappa shape index (κ2) is 6.12. The van der Waals surface area contributed by atoms with Crippen molar-refractivity contribution in [1.29, 1.82) is 0 Å². The first-order chi connectivity index (χ1) is 8.99. The van der Waals surface area contributed by atoms with E-state index in [2.05, 4.69) is 57.3 Å². The molecule has 1 aromatic heterocycles. The summed E-state index contributed by atoms with van der Waals surface area (Å²) in [5.74, 6) is 0. The molecular weight excluding hydrogens is 270 g/mol. The summed E-state index contributed by atoms with van der Waals surface area (Å²) in [6, 6.07) is 8.95. The molecule has 3 heteroatoms. The lowest BCUT2D eigenvalue weighted by Crippen LogP contribution is -2.22. The van der Waals surface area contributed by atoms with Crippen LogP contribution in [0.15, 0.2) is 34.5 Å². The first kappa shape index (κ1) is 14.6. The lowest BCUT2D eigenvalue weighted by molar-refractivity contribution is 0.727. The van der Waals surface area contributed by atoms with Crippen molar-refractivity contribution in [1.82, 2.24) is 0 Å². The van der Waals surface area contributed by atoms with Gasteiger partial charge in [-0.15, -0.1) is 23.1 Å². The van der Waals surface area contributed by atoms with Gasteiger partial charge in [0.2, 0.25) is 0 Å². The van der Waals surface area contributed by atoms with Gasteiger partial charge in [-0.05, 0) is 56.3 Å². The molecule has 0 aliphatic rings. The van der Waals surface area contributed by atoms with Gasteiger partial charge in [0.1, 0.15) is 0 Å². The second-order valence-electron chi connectivity index (χ2n) is 5.13. The van der Waals surface area contributed by atoms with Crippen LogP contribution in [0.2, 0.25) is 0 Å². The van der Waals surface area contributed by atoms with Gasteiger partial charge >= 0.3 is 0 Å². The minimum Gasteiger partial charge on any atom is -0.327 e. The predicted molar refractivity (Wildman–Crippen MR) is 87.2 cm³/mol. The average molecular weight is 291 g/mol. The second-order valence-corrected chi connectivity index (χ2v) is 7.27. The van der Waals surface area contributed by atoms with Crippen molar-refractivity contribution in [2.24, 2.45) is 5.73 Å². The van der Waals surface area contributed by atoms with E-state index in [4.69, 9.17) is 5.73 Å². The zero-order valence-electron chi connectivity index (χ0n) is 11.9. The lowest BCUT2D eigenvalue weighted by Gasteiger charge is -2.21. The van der Waals surface area contributed by atoms with E-state index < -0.39 is 0 Å². The van der Waals surface area contributed by atoms with Crippen LogP contribution in [-0.4, -0.2) is 6.04 Å². The van der Waals surface area contributed by atoms with Crippen LogP contribution in [0.25, 0.3) is 0 Å². The Morgan fingerprint density at radius 3 is 2.37 bits per heavy atom. The van der Waals surface area contributed by atoms with Gasteiger partial charge in [0.05, 0.1) is 5.25 Å². The zero-order valence-corrected chi connectivity index (χ0v) is 13.6. The fraction of sp³-hybridized carbons (Fsp3) is 0.375. The van der Waals surface area contributed by atoms with E-state index in [9.17, 15) is 0 Å². The van der Waals surface area contributed by atoms with E-state index in [1.54, 1.807) is 0 Å². The Morgan fingerprint density at radius 2 is 1.84 bits per heavy atom. The maximum atomic E-state index is 6.21. The highest BCUT2D eigenvalue weighted by Gasteiger charge is 2.21. The Labute approximate surface area is 124 Å². The summed E-state index contributed by atoms with van der Waals surface area (Å²) in [5, 5.41) is 2.49. The van der Waals surface area contributed by atoms with E-state index in [1.165, 1.54) is 26.5 Å². The third kappa shape index (κ3) is 3.41. The van der Waals surface area contributed by atoms with Gasteiger partial charge in [0.15, 0.2) is 0 Å². The number of thioether (sulfide) groups is 1. The molecule has 1 nitrogen and oxygen atoms in total. The maximum absolute atomic E-state index is 6.21. The Bertz CT molecular complexity index is 558. The third-order valence-electron chi connectivity index (χ3n) is 3.22. The summed E-state index contributed by atoms with van der Waals surface area (Å²) in [6.07, 6.45) is 0. The number of nitrogens with two attached hydrogens (primary N) is 1. The molecule has 1 heterocycles. The molecule has 19 heavy (non-hydrogen) atoms. The van der Waals surface area contributed by atoms with Crippen LogP contribution in [0.3, 0.4) is 0 Å². The van der Waals surface area contributed by atoms with E-state index in [1.807, 2.05) is 23.1 Å². The summed E-state index contributed by atoms with van der Waals surface area (Å²) >= 11 is 3.70. The summed E-state index contributed by atoms with van der Waals surface area (Å²) in [5.41, 5.74) is 10.2. The highest BCUT2D eigenvalue weighted by Crippen LogP contribution is 2.42. The molecule has 0 spiro atoms. The van der Waals surface area contributed by atoms with Crippen LogP contribution in [0, 0.1) is 20.8 Å². The highest BCUT2D eigenvalue weighted by molar-refractivity contribution is 7.99. The molecule has 1 aromatic carbocycles. The van der Waals surface area contributed by atoms with Crippen LogP contribution in [0.4, 0.5) is 0 Å². The number of aryl methyl sites for hydroxylation is 3. The molecule has 0 aliphatic heterocycles. The van der Waals surface area contributed by atoms with E-state index in [0.717, 1.165) is 0 Å². The molecule has 2 aromatic rings. The van der Waals surface area contributed by atoms with Gasteiger partial charge in [-0.2, -0.15) is 0 Å². The van der Waals surface area contributed by atoms with E-state index in [0.29, 0.717) is 5.25 Å². The van der Waals surface area contributed by atoms with Crippen molar-refractivity contribution < 1.29 is 0 Å². The van der Waals surface area contributed by atoms with Crippen LogP contribution in [0.5, 0.6) is 0 Å². The molecule has 2 atom stereocenters. The van der Waals surface area contributed by atoms with Gasteiger partial charge < -0.3 is 5.73 Å². The van der Waals surface area contributed by atoms with Crippen LogP contribution in [0.1, 0.15) is 33.7 Å². The van der Waals surface area contributed by atoms with Crippen molar-refractivity contribution in [3.8, 4) is 0 Å². The van der Waals surface area contributed by atoms with Crippen LogP contribution in [-0.2, 0) is 0 Å². The van der Waals surface area contributed by atoms with Gasteiger partial charge in [0, 0.05) is 15.8 Å². The summed E-state index contributed by atoms with van der Waals surface area (Å²) < 4.78 is 0. The van der Waals surface area contributed by atoms with Crippen molar-refractivity contribution >= 4 is 23.1 Å². The molecule has 0 amide bonds. The largest absolute Gasteiger partial charge is 0.327 e. The maximum Gasteiger partial charge on any atom is 0.0589 e. The SMILES string of the molecule is Cc1ccc(SC(c2sccc2C)C(C)N)c(C)c1. The Hall–Kier alpha value is -0.770. The van der Waals surface area contributed by atoms with E-state index in [-0.39, 0.29) is 6.04 Å². The van der Waals surface area contributed by atoms with Gasteiger partial charge in [-0.3, -0.25) is 0 Å². The van der Waals surface area contributed by atoms with Gasteiger partial charge in [0.25, 0.3) is 0 Å². The Morgan fingerprint density at radius 1 is 1.11 bits per heavy atom. The molecule has 2 rings (SSSR count). The monoisotopic (exact) mass is 291 g/mol. The number of hydrogen-bond acceptors (Lipinski definition) is 3. The predicted octanol–water partition coefficient (Wildman–Crippen LogP) is 4.85. The Kier molecular flexibility index (Phi) is 4.71. The third-order valence-corrected chi connectivity index (χ3v) is 6.10. The van der Waals surface area contributed by atoms with Crippen LogP contribution < -0.4 is 5.73 Å². The molecule has 0 aliphatic carbocycles. The quantitative estimate of drug-likeness (QED) is 0.815. The van der Waals surface area contributed by atoms with Crippen molar-refractivity contribution in [3.05, 3.63) is 51.2 Å². The van der Waals surface area contributed by atoms with Crippen molar-refractivity contribution in [2.45, 2.75) is 43.9 Å². The molecule has 0 bridgehead atoms. The normalized spacial score (nSPS) is 14.4.